The highest BCUT2D eigenvalue weighted by Gasteiger charge is 2.07. The molecule has 148 valence electrons. The molecular formula is C22H17FN6O. The van der Waals surface area contributed by atoms with Crippen molar-refractivity contribution in [1.82, 2.24) is 25.6 Å². The SMILES string of the molecule is O=C(N/N=C\c1ccc(F)cc1)c1ccc(Cn2nnc(-c3ccccc3)n2)cc1. The van der Waals surface area contributed by atoms with Crippen molar-refractivity contribution in [2.45, 2.75) is 6.54 Å². The molecule has 7 nitrogen and oxygen atoms in total. The summed E-state index contributed by atoms with van der Waals surface area (Å²) in [6.07, 6.45) is 1.45. The standard InChI is InChI=1S/C22H17FN6O/c23-20-12-8-16(9-13-20)14-24-26-22(30)19-10-6-17(7-11-19)15-29-27-21(25-28-29)18-4-2-1-3-5-18/h1-14H,15H2,(H,26,30)/b24-14-. The maximum atomic E-state index is 12.9. The van der Waals surface area contributed by atoms with Crippen LogP contribution in [0.25, 0.3) is 11.4 Å². The summed E-state index contributed by atoms with van der Waals surface area (Å²) in [6, 6.07) is 22.5. The van der Waals surface area contributed by atoms with Crippen LogP contribution in [0.5, 0.6) is 0 Å². The number of carbonyl (C=O) groups is 1. The molecule has 4 rings (SSSR count). The van der Waals surface area contributed by atoms with Gasteiger partial charge < -0.3 is 0 Å². The van der Waals surface area contributed by atoms with Crippen LogP contribution in [0.15, 0.2) is 84.0 Å². The zero-order chi connectivity index (χ0) is 20.8. The predicted molar refractivity (Wildman–Crippen MR) is 110 cm³/mol. The molecule has 0 atom stereocenters. The van der Waals surface area contributed by atoms with Crippen molar-refractivity contribution in [2.24, 2.45) is 5.10 Å². The average Bonchev–Trinajstić information content (AvgIpc) is 3.25. The van der Waals surface area contributed by atoms with Crippen LogP contribution in [-0.4, -0.2) is 32.3 Å². The third-order valence-corrected chi connectivity index (χ3v) is 4.27. The second-order valence-corrected chi connectivity index (χ2v) is 6.46. The number of hydrazone groups is 1. The molecule has 1 amide bonds. The molecule has 3 aromatic carbocycles. The fourth-order valence-electron chi connectivity index (χ4n) is 2.72. The van der Waals surface area contributed by atoms with Crippen LogP contribution in [0.3, 0.4) is 0 Å². The summed E-state index contributed by atoms with van der Waals surface area (Å²) >= 11 is 0. The number of hydrogen-bond donors (Lipinski definition) is 1. The first-order valence-electron chi connectivity index (χ1n) is 9.18. The Bertz CT molecular complexity index is 1150. The number of hydrogen-bond acceptors (Lipinski definition) is 5. The first-order valence-corrected chi connectivity index (χ1v) is 9.18. The van der Waals surface area contributed by atoms with Crippen molar-refractivity contribution >= 4 is 12.1 Å². The van der Waals surface area contributed by atoms with Crippen LogP contribution >= 0.6 is 0 Å². The molecule has 0 fully saturated rings. The number of amides is 1. The quantitative estimate of drug-likeness (QED) is 0.398. The monoisotopic (exact) mass is 400 g/mol. The highest BCUT2D eigenvalue weighted by atomic mass is 19.1. The van der Waals surface area contributed by atoms with Gasteiger partial charge in [0.2, 0.25) is 5.82 Å². The Morgan fingerprint density at radius 3 is 2.47 bits per heavy atom. The molecule has 4 aromatic rings. The van der Waals surface area contributed by atoms with E-state index in [4.69, 9.17) is 0 Å². The van der Waals surface area contributed by atoms with Gasteiger partial charge in [-0.3, -0.25) is 4.79 Å². The van der Waals surface area contributed by atoms with Crippen LogP contribution in [0.4, 0.5) is 4.39 Å². The maximum absolute atomic E-state index is 12.9. The molecule has 1 N–H and O–H groups in total. The van der Waals surface area contributed by atoms with Gasteiger partial charge in [0.1, 0.15) is 5.82 Å². The Balaban J connectivity index is 1.35. The lowest BCUT2D eigenvalue weighted by molar-refractivity contribution is 0.0955. The van der Waals surface area contributed by atoms with E-state index < -0.39 is 0 Å². The van der Waals surface area contributed by atoms with E-state index in [1.54, 1.807) is 24.3 Å². The van der Waals surface area contributed by atoms with E-state index in [1.807, 2.05) is 42.5 Å². The average molecular weight is 400 g/mol. The summed E-state index contributed by atoms with van der Waals surface area (Å²) < 4.78 is 12.9. The number of aromatic nitrogens is 4. The Kier molecular flexibility index (Phi) is 5.66. The summed E-state index contributed by atoms with van der Waals surface area (Å²) in [5.74, 6) is -0.107. The van der Waals surface area contributed by atoms with Crippen molar-refractivity contribution in [3.05, 3.63) is 101 Å². The molecule has 30 heavy (non-hydrogen) atoms. The number of carbonyl (C=O) groups excluding carboxylic acids is 1. The first-order chi connectivity index (χ1) is 14.7. The molecule has 0 aliphatic heterocycles. The second-order valence-electron chi connectivity index (χ2n) is 6.46. The van der Waals surface area contributed by atoms with Crippen LogP contribution < -0.4 is 5.43 Å². The van der Waals surface area contributed by atoms with Gasteiger partial charge in [-0.25, -0.2) is 9.82 Å². The molecule has 0 aliphatic rings. The summed E-state index contributed by atoms with van der Waals surface area (Å²) in [7, 11) is 0. The lowest BCUT2D eigenvalue weighted by atomic mass is 10.1. The van der Waals surface area contributed by atoms with Gasteiger partial charge in [0.05, 0.1) is 12.8 Å². The fraction of sp³-hybridized carbons (Fsp3) is 0.0455. The number of tetrazole rings is 1. The molecule has 1 aromatic heterocycles. The number of rotatable bonds is 6. The van der Waals surface area contributed by atoms with Crippen molar-refractivity contribution in [3.63, 3.8) is 0 Å². The van der Waals surface area contributed by atoms with Crippen LogP contribution in [-0.2, 0) is 6.54 Å². The Morgan fingerprint density at radius 2 is 1.73 bits per heavy atom. The lowest BCUT2D eigenvalue weighted by Gasteiger charge is -2.03. The third kappa shape index (κ3) is 4.79. The highest BCUT2D eigenvalue weighted by molar-refractivity contribution is 5.94. The van der Waals surface area contributed by atoms with E-state index in [0.717, 1.165) is 11.1 Å². The molecular weight excluding hydrogens is 383 g/mol. The van der Waals surface area contributed by atoms with E-state index in [0.29, 0.717) is 23.5 Å². The van der Waals surface area contributed by atoms with Gasteiger partial charge in [-0.2, -0.15) is 9.90 Å². The third-order valence-electron chi connectivity index (χ3n) is 4.27. The molecule has 1 heterocycles. The van der Waals surface area contributed by atoms with E-state index in [2.05, 4.69) is 25.9 Å². The molecule has 0 aliphatic carbocycles. The van der Waals surface area contributed by atoms with Crippen LogP contribution in [0.2, 0.25) is 0 Å². The smallest absolute Gasteiger partial charge is 0.267 e. The highest BCUT2D eigenvalue weighted by Crippen LogP contribution is 2.12. The van der Waals surface area contributed by atoms with E-state index in [1.165, 1.54) is 23.1 Å². The van der Waals surface area contributed by atoms with E-state index in [-0.39, 0.29) is 11.7 Å². The molecule has 0 radical (unpaired) electrons. The minimum atomic E-state index is -0.342. The van der Waals surface area contributed by atoms with Gasteiger partial charge in [0, 0.05) is 11.1 Å². The topological polar surface area (TPSA) is 85.1 Å². The Hall–Kier alpha value is -4.20. The van der Waals surface area contributed by atoms with Crippen molar-refractivity contribution < 1.29 is 9.18 Å². The minimum Gasteiger partial charge on any atom is -0.267 e. The summed E-state index contributed by atoms with van der Waals surface area (Å²) in [5.41, 5.74) is 5.43. The molecule has 0 saturated carbocycles. The summed E-state index contributed by atoms with van der Waals surface area (Å²) in [6.45, 7) is 0.435. The summed E-state index contributed by atoms with van der Waals surface area (Å²) in [4.78, 5) is 13.7. The van der Waals surface area contributed by atoms with Gasteiger partial charge in [0.25, 0.3) is 5.91 Å². The van der Waals surface area contributed by atoms with Gasteiger partial charge >= 0.3 is 0 Å². The van der Waals surface area contributed by atoms with Crippen LogP contribution in [0, 0.1) is 5.82 Å². The maximum Gasteiger partial charge on any atom is 0.271 e. The minimum absolute atomic E-state index is 0.325. The molecule has 0 unspecified atom stereocenters. The van der Waals surface area contributed by atoms with Gasteiger partial charge in [-0.15, -0.1) is 10.2 Å². The van der Waals surface area contributed by atoms with Crippen LogP contribution in [0.1, 0.15) is 21.5 Å². The van der Waals surface area contributed by atoms with Gasteiger partial charge in [0.15, 0.2) is 0 Å². The predicted octanol–water partition coefficient (Wildman–Crippen LogP) is 3.29. The largest absolute Gasteiger partial charge is 0.271 e. The zero-order valence-corrected chi connectivity index (χ0v) is 15.8. The number of nitrogens with one attached hydrogen (secondary N) is 1. The lowest BCUT2D eigenvalue weighted by Crippen LogP contribution is -2.17. The normalized spacial score (nSPS) is 11.0. The van der Waals surface area contributed by atoms with Crippen molar-refractivity contribution in [1.29, 1.82) is 0 Å². The van der Waals surface area contributed by atoms with Gasteiger partial charge in [-0.05, 0) is 40.6 Å². The Morgan fingerprint density at radius 1 is 1.00 bits per heavy atom. The van der Waals surface area contributed by atoms with E-state index >= 15 is 0 Å². The fourth-order valence-corrected chi connectivity index (χ4v) is 2.72. The first kappa shape index (κ1) is 19.1. The number of nitrogens with zero attached hydrogens (tertiary/aromatic N) is 5. The number of benzene rings is 3. The van der Waals surface area contributed by atoms with Crippen molar-refractivity contribution in [2.75, 3.05) is 0 Å². The molecule has 8 heteroatoms. The zero-order valence-electron chi connectivity index (χ0n) is 15.8. The van der Waals surface area contributed by atoms with E-state index in [9.17, 15) is 9.18 Å². The molecule has 0 spiro atoms. The van der Waals surface area contributed by atoms with Gasteiger partial charge in [-0.1, -0.05) is 54.6 Å². The number of halogens is 1. The molecule has 0 saturated heterocycles. The second kappa shape index (κ2) is 8.87. The van der Waals surface area contributed by atoms with Crippen molar-refractivity contribution in [3.8, 4) is 11.4 Å². The summed E-state index contributed by atoms with van der Waals surface area (Å²) in [5, 5.41) is 16.4. The Labute approximate surface area is 171 Å². The molecule has 0 bridgehead atoms.